The van der Waals surface area contributed by atoms with Gasteiger partial charge in [0.15, 0.2) is 0 Å². The van der Waals surface area contributed by atoms with Gasteiger partial charge in [0, 0.05) is 17.3 Å². The van der Waals surface area contributed by atoms with Crippen molar-refractivity contribution in [1.29, 1.82) is 0 Å². The highest BCUT2D eigenvalue weighted by atomic mass is 32.1. The number of rotatable bonds is 3. The van der Waals surface area contributed by atoms with Crippen molar-refractivity contribution in [2.75, 3.05) is 6.54 Å². The molecule has 0 saturated carbocycles. The maximum atomic E-state index is 12.7. The number of primary amides is 1. The number of carbonyl (C=O) groups excluding carboxylic acids is 2. The van der Waals surface area contributed by atoms with Gasteiger partial charge in [0.2, 0.25) is 5.91 Å². The topological polar surface area (TPSA) is 88.3 Å². The van der Waals surface area contributed by atoms with Crippen LogP contribution in [-0.4, -0.2) is 34.4 Å². The summed E-state index contributed by atoms with van der Waals surface area (Å²) in [6, 6.07) is -1.30. The number of hydrogen-bond acceptors (Lipinski definition) is 4. The van der Waals surface area contributed by atoms with Crippen molar-refractivity contribution < 1.29 is 9.59 Å². The third-order valence-electron chi connectivity index (χ3n) is 4.09. The first-order valence-electron chi connectivity index (χ1n) is 8.02. The van der Waals surface area contributed by atoms with E-state index < -0.39 is 12.1 Å². The monoisotopic (exact) mass is 338 g/mol. The Labute approximate surface area is 141 Å². The van der Waals surface area contributed by atoms with E-state index in [2.05, 4.69) is 31.5 Å². The molecular formula is C16H26N4O2S. The van der Waals surface area contributed by atoms with Crippen molar-refractivity contribution in [3.63, 3.8) is 0 Å². The van der Waals surface area contributed by atoms with Crippen molar-refractivity contribution in [1.82, 2.24) is 15.2 Å². The molecule has 0 aromatic carbocycles. The zero-order valence-electron chi connectivity index (χ0n) is 14.3. The summed E-state index contributed by atoms with van der Waals surface area (Å²) in [5.74, 6) is -0.0963. The minimum Gasteiger partial charge on any atom is -0.352 e. The molecule has 2 heterocycles. The Morgan fingerprint density at radius 2 is 2.13 bits per heavy atom. The Balaban J connectivity index is 2.20. The summed E-state index contributed by atoms with van der Waals surface area (Å²) in [7, 11) is 0. The van der Waals surface area contributed by atoms with Crippen LogP contribution in [0.4, 0.5) is 4.79 Å². The lowest BCUT2D eigenvalue weighted by molar-refractivity contribution is -0.136. The van der Waals surface area contributed by atoms with Gasteiger partial charge in [-0.1, -0.05) is 20.8 Å². The summed E-state index contributed by atoms with van der Waals surface area (Å²) in [4.78, 5) is 30.3. The van der Waals surface area contributed by atoms with Gasteiger partial charge in [-0.25, -0.2) is 9.78 Å². The molecule has 3 N–H and O–H groups in total. The first kappa shape index (κ1) is 17.7. The van der Waals surface area contributed by atoms with Crippen molar-refractivity contribution in [2.45, 2.75) is 64.5 Å². The minimum absolute atomic E-state index is 0.000921. The molecule has 1 aliphatic rings. The second-order valence-electron chi connectivity index (χ2n) is 7.09. The highest BCUT2D eigenvalue weighted by Gasteiger charge is 2.33. The van der Waals surface area contributed by atoms with E-state index in [4.69, 9.17) is 10.7 Å². The normalized spacial score (nSPS) is 20.2. The van der Waals surface area contributed by atoms with Crippen LogP contribution in [0.15, 0.2) is 5.38 Å². The maximum absolute atomic E-state index is 12.7. The lowest BCUT2D eigenvalue weighted by atomic mass is 9.93. The highest BCUT2D eigenvalue weighted by Crippen LogP contribution is 2.35. The summed E-state index contributed by atoms with van der Waals surface area (Å²) < 4.78 is 0. The van der Waals surface area contributed by atoms with E-state index in [1.165, 1.54) is 0 Å². The second kappa shape index (κ2) is 6.86. The molecule has 0 radical (unpaired) electrons. The second-order valence-corrected chi connectivity index (χ2v) is 7.98. The predicted molar refractivity (Wildman–Crippen MR) is 91.3 cm³/mol. The van der Waals surface area contributed by atoms with Crippen LogP contribution in [0.3, 0.4) is 0 Å². The molecule has 6 nitrogen and oxygen atoms in total. The first-order chi connectivity index (χ1) is 10.7. The fourth-order valence-corrected chi connectivity index (χ4v) is 3.95. The van der Waals surface area contributed by atoms with Crippen LogP contribution in [0.5, 0.6) is 0 Å². The lowest BCUT2D eigenvalue weighted by Gasteiger charge is -2.36. The molecule has 1 aromatic rings. The van der Waals surface area contributed by atoms with Crippen LogP contribution < -0.4 is 11.1 Å². The van der Waals surface area contributed by atoms with Crippen LogP contribution in [0.25, 0.3) is 0 Å². The molecule has 128 valence electrons. The molecule has 3 amide bonds. The predicted octanol–water partition coefficient (Wildman–Crippen LogP) is 2.55. The number of nitrogens with two attached hydrogens (primary N) is 1. The van der Waals surface area contributed by atoms with Gasteiger partial charge in [0.1, 0.15) is 11.0 Å². The maximum Gasteiger partial charge on any atom is 0.312 e. The number of likely N-dealkylation sites (tertiary alicyclic amines) is 1. The van der Waals surface area contributed by atoms with E-state index >= 15 is 0 Å². The molecule has 1 fully saturated rings. The number of hydrogen-bond donors (Lipinski definition) is 2. The Hall–Kier alpha value is -1.63. The van der Waals surface area contributed by atoms with E-state index in [-0.39, 0.29) is 17.4 Å². The van der Waals surface area contributed by atoms with Crippen LogP contribution in [0.2, 0.25) is 0 Å². The fraction of sp³-hybridized carbons (Fsp3) is 0.688. The molecule has 7 heteroatoms. The standard InChI is InChI=1S/C16H26N4O2S/c1-10(18-15(17)22)14(21)20-8-6-5-7-11(20)13-19-12(9-23-13)16(2,3)4/h9-11H,5-8H2,1-4H3,(H3,17,18,22)/t10-,11+/m1/s1. The molecule has 0 unspecified atom stereocenters. The van der Waals surface area contributed by atoms with Crippen molar-refractivity contribution in [2.24, 2.45) is 5.73 Å². The third-order valence-corrected chi connectivity index (χ3v) is 5.04. The van der Waals surface area contributed by atoms with E-state index in [0.717, 1.165) is 30.0 Å². The summed E-state index contributed by atoms with van der Waals surface area (Å²) >= 11 is 1.61. The molecule has 1 aromatic heterocycles. The Morgan fingerprint density at radius 1 is 1.43 bits per heavy atom. The van der Waals surface area contributed by atoms with Gasteiger partial charge >= 0.3 is 6.03 Å². The number of piperidine rings is 1. The molecule has 0 spiro atoms. The summed E-state index contributed by atoms with van der Waals surface area (Å²) in [5, 5.41) is 5.53. The molecule has 23 heavy (non-hydrogen) atoms. The molecular weight excluding hydrogens is 312 g/mol. The SMILES string of the molecule is C[C@@H](NC(N)=O)C(=O)N1CCCC[C@H]1c1nc(C(C)(C)C)cs1. The van der Waals surface area contributed by atoms with Gasteiger partial charge in [-0.3, -0.25) is 4.79 Å². The van der Waals surface area contributed by atoms with Gasteiger partial charge in [-0.05, 0) is 26.2 Å². The molecule has 1 aliphatic heterocycles. The Morgan fingerprint density at radius 3 is 2.70 bits per heavy atom. The van der Waals surface area contributed by atoms with Crippen LogP contribution in [0.1, 0.15) is 63.7 Å². The number of amides is 3. The quantitative estimate of drug-likeness (QED) is 0.887. The van der Waals surface area contributed by atoms with E-state index in [1.807, 2.05) is 4.90 Å². The van der Waals surface area contributed by atoms with Gasteiger partial charge in [-0.15, -0.1) is 11.3 Å². The number of thiazole rings is 1. The van der Waals surface area contributed by atoms with Crippen molar-refractivity contribution >= 4 is 23.3 Å². The van der Waals surface area contributed by atoms with Gasteiger partial charge in [-0.2, -0.15) is 0 Å². The number of carbonyl (C=O) groups is 2. The summed E-state index contributed by atoms with van der Waals surface area (Å²) in [6.45, 7) is 8.76. The van der Waals surface area contributed by atoms with Crippen molar-refractivity contribution in [3.05, 3.63) is 16.1 Å². The molecule has 2 rings (SSSR count). The van der Waals surface area contributed by atoms with E-state index in [1.54, 1.807) is 18.3 Å². The van der Waals surface area contributed by atoms with Crippen LogP contribution >= 0.6 is 11.3 Å². The molecule has 1 saturated heterocycles. The third kappa shape index (κ3) is 4.22. The Bertz CT molecular complexity index is 579. The van der Waals surface area contributed by atoms with E-state index in [0.29, 0.717) is 6.54 Å². The number of aromatic nitrogens is 1. The van der Waals surface area contributed by atoms with Gasteiger partial charge < -0.3 is 16.0 Å². The lowest BCUT2D eigenvalue weighted by Crippen LogP contribution is -2.50. The zero-order valence-corrected chi connectivity index (χ0v) is 15.1. The fourth-order valence-electron chi connectivity index (χ4n) is 2.76. The number of urea groups is 1. The molecule has 0 aliphatic carbocycles. The first-order valence-corrected chi connectivity index (χ1v) is 8.90. The smallest absolute Gasteiger partial charge is 0.312 e. The van der Waals surface area contributed by atoms with Crippen LogP contribution in [-0.2, 0) is 10.2 Å². The number of nitrogens with one attached hydrogen (secondary N) is 1. The largest absolute Gasteiger partial charge is 0.352 e. The average molecular weight is 338 g/mol. The molecule has 0 bridgehead atoms. The number of nitrogens with zero attached hydrogens (tertiary/aromatic N) is 2. The average Bonchev–Trinajstić information content (AvgIpc) is 2.95. The summed E-state index contributed by atoms with van der Waals surface area (Å²) in [5.41, 5.74) is 6.18. The zero-order chi connectivity index (χ0) is 17.2. The van der Waals surface area contributed by atoms with E-state index in [9.17, 15) is 9.59 Å². The van der Waals surface area contributed by atoms with Crippen molar-refractivity contribution in [3.8, 4) is 0 Å². The Kier molecular flexibility index (Phi) is 5.29. The minimum atomic E-state index is -0.677. The van der Waals surface area contributed by atoms with Gasteiger partial charge in [0.05, 0.1) is 11.7 Å². The summed E-state index contributed by atoms with van der Waals surface area (Å²) in [6.07, 6.45) is 2.96. The highest BCUT2D eigenvalue weighted by molar-refractivity contribution is 7.09. The van der Waals surface area contributed by atoms with Crippen LogP contribution in [0, 0.1) is 0 Å². The molecule has 2 atom stereocenters. The van der Waals surface area contributed by atoms with Gasteiger partial charge in [0.25, 0.3) is 0 Å².